The Morgan fingerprint density at radius 3 is 2.61 bits per heavy atom. The van der Waals surface area contributed by atoms with E-state index >= 15 is 0 Å². The van der Waals surface area contributed by atoms with Crippen molar-refractivity contribution in [3.63, 3.8) is 0 Å². The number of anilines is 2. The second-order valence-electron chi connectivity index (χ2n) is 5.34. The van der Waals surface area contributed by atoms with Crippen LogP contribution in [0.4, 0.5) is 11.4 Å². The highest BCUT2D eigenvalue weighted by Crippen LogP contribution is 2.23. The molecule has 5 nitrogen and oxygen atoms in total. The number of hydrogen-bond donors (Lipinski definition) is 1. The van der Waals surface area contributed by atoms with Crippen LogP contribution in [-0.4, -0.2) is 18.4 Å². The number of carbonyl (C=O) groups is 2. The number of nitriles is 1. The van der Waals surface area contributed by atoms with E-state index in [1.54, 1.807) is 41.3 Å². The quantitative estimate of drug-likeness (QED) is 0.947. The maximum absolute atomic E-state index is 12.2. The van der Waals surface area contributed by atoms with Gasteiger partial charge in [-0.25, -0.2) is 0 Å². The molecule has 3 rings (SSSR count). The van der Waals surface area contributed by atoms with Crippen molar-refractivity contribution in [1.82, 2.24) is 0 Å². The molecular formula is C18H15N3O2. The first-order chi connectivity index (χ1) is 11.2. The normalized spacial score (nSPS) is 13.7. The zero-order valence-electron chi connectivity index (χ0n) is 12.5. The van der Waals surface area contributed by atoms with Crippen LogP contribution in [0.15, 0.2) is 48.5 Å². The molecule has 0 aliphatic carbocycles. The summed E-state index contributed by atoms with van der Waals surface area (Å²) in [4.78, 5) is 25.7. The lowest BCUT2D eigenvalue weighted by Gasteiger charge is -2.16. The predicted octanol–water partition coefficient (Wildman–Crippen LogP) is 2.94. The van der Waals surface area contributed by atoms with Crippen molar-refractivity contribution < 1.29 is 9.59 Å². The molecule has 23 heavy (non-hydrogen) atoms. The summed E-state index contributed by atoms with van der Waals surface area (Å²) in [5.74, 6) is -0.137. The summed E-state index contributed by atoms with van der Waals surface area (Å²) in [7, 11) is 0. The fourth-order valence-corrected chi connectivity index (χ4v) is 2.58. The van der Waals surface area contributed by atoms with E-state index in [-0.39, 0.29) is 11.8 Å². The van der Waals surface area contributed by atoms with Gasteiger partial charge in [-0.15, -0.1) is 0 Å². The van der Waals surface area contributed by atoms with E-state index < -0.39 is 0 Å². The third-order valence-corrected chi connectivity index (χ3v) is 3.76. The van der Waals surface area contributed by atoms with Gasteiger partial charge >= 0.3 is 0 Å². The number of benzene rings is 2. The van der Waals surface area contributed by atoms with Gasteiger partial charge in [-0.3, -0.25) is 9.59 Å². The molecule has 0 aromatic heterocycles. The van der Waals surface area contributed by atoms with Crippen molar-refractivity contribution in [1.29, 1.82) is 5.26 Å². The fourth-order valence-electron chi connectivity index (χ4n) is 2.58. The highest BCUT2D eigenvalue weighted by molar-refractivity contribution is 6.04. The zero-order chi connectivity index (χ0) is 16.2. The Kier molecular flexibility index (Phi) is 4.07. The first-order valence-corrected chi connectivity index (χ1v) is 7.39. The summed E-state index contributed by atoms with van der Waals surface area (Å²) in [5.41, 5.74) is 2.37. The standard InChI is InChI=1S/C18H15N3O2/c19-12-13-3-1-4-14(11-13)18(23)20-15-6-8-16(9-7-15)21-10-2-5-17(21)22/h1,3-4,6-9,11H,2,5,10H2,(H,20,23). The van der Waals surface area contributed by atoms with Crippen LogP contribution >= 0.6 is 0 Å². The van der Waals surface area contributed by atoms with Gasteiger partial charge in [-0.1, -0.05) is 6.07 Å². The van der Waals surface area contributed by atoms with Crippen molar-refractivity contribution in [2.24, 2.45) is 0 Å². The Bertz CT molecular complexity index is 791. The Morgan fingerprint density at radius 2 is 1.96 bits per heavy atom. The van der Waals surface area contributed by atoms with Crippen LogP contribution in [0.2, 0.25) is 0 Å². The molecule has 1 fully saturated rings. The number of amides is 2. The topological polar surface area (TPSA) is 73.2 Å². The summed E-state index contributed by atoms with van der Waals surface area (Å²) in [5, 5.41) is 11.7. The van der Waals surface area contributed by atoms with Crippen molar-refractivity contribution in [2.45, 2.75) is 12.8 Å². The smallest absolute Gasteiger partial charge is 0.255 e. The average Bonchev–Trinajstić information content (AvgIpc) is 3.01. The molecule has 0 spiro atoms. The van der Waals surface area contributed by atoms with Crippen LogP contribution in [-0.2, 0) is 4.79 Å². The lowest BCUT2D eigenvalue weighted by atomic mass is 10.1. The van der Waals surface area contributed by atoms with E-state index in [9.17, 15) is 9.59 Å². The van der Waals surface area contributed by atoms with Crippen LogP contribution in [0.5, 0.6) is 0 Å². The van der Waals surface area contributed by atoms with Gasteiger partial charge in [0, 0.05) is 29.9 Å². The van der Waals surface area contributed by atoms with E-state index in [2.05, 4.69) is 5.32 Å². The molecule has 1 N–H and O–H groups in total. The van der Waals surface area contributed by atoms with Gasteiger partial charge < -0.3 is 10.2 Å². The highest BCUT2D eigenvalue weighted by atomic mass is 16.2. The Morgan fingerprint density at radius 1 is 1.17 bits per heavy atom. The molecule has 1 saturated heterocycles. The molecule has 0 saturated carbocycles. The first kappa shape index (κ1) is 14.8. The Hall–Kier alpha value is -3.13. The lowest BCUT2D eigenvalue weighted by molar-refractivity contribution is -0.117. The first-order valence-electron chi connectivity index (χ1n) is 7.39. The fraction of sp³-hybridized carbons (Fsp3) is 0.167. The summed E-state index contributed by atoms with van der Waals surface area (Å²) < 4.78 is 0. The lowest BCUT2D eigenvalue weighted by Crippen LogP contribution is -2.23. The van der Waals surface area contributed by atoms with Gasteiger partial charge in [0.2, 0.25) is 5.91 Å². The van der Waals surface area contributed by atoms with Gasteiger partial charge in [0.25, 0.3) is 5.91 Å². The van der Waals surface area contributed by atoms with Crippen molar-refractivity contribution in [3.8, 4) is 6.07 Å². The van der Waals surface area contributed by atoms with Crippen LogP contribution in [0.1, 0.15) is 28.8 Å². The number of nitrogens with one attached hydrogen (secondary N) is 1. The predicted molar refractivity (Wildman–Crippen MR) is 87.1 cm³/mol. The molecule has 2 amide bonds. The summed E-state index contributed by atoms with van der Waals surface area (Å²) in [6.45, 7) is 0.742. The summed E-state index contributed by atoms with van der Waals surface area (Å²) >= 11 is 0. The third kappa shape index (κ3) is 3.22. The van der Waals surface area contributed by atoms with E-state index in [4.69, 9.17) is 5.26 Å². The van der Waals surface area contributed by atoms with Gasteiger partial charge in [-0.2, -0.15) is 5.26 Å². The molecule has 1 heterocycles. The second kappa shape index (κ2) is 6.32. The third-order valence-electron chi connectivity index (χ3n) is 3.76. The second-order valence-corrected chi connectivity index (χ2v) is 5.34. The number of carbonyl (C=O) groups excluding carboxylic acids is 2. The minimum absolute atomic E-state index is 0.134. The Labute approximate surface area is 134 Å². The minimum atomic E-state index is -0.271. The van der Waals surface area contributed by atoms with Gasteiger partial charge in [-0.05, 0) is 48.9 Å². The van der Waals surface area contributed by atoms with E-state index in [0.717, 1.165) is 18.7 Å². The molecule has 114 valence electrons. The Balaban J connectivity index is 1.71. The minimum Gasteiger partial charge on any atom is -0.322 e. The maximum Gasteiger partial charge on any atom is 0.255 e. The SMILES string of the molecule is N#Cc1cccc(C(=O)Nc2ccc(N3CCCC3=O)cc2)c1. The summed E-state index contributed by atoms with van der Waals surface area (Å²) in [6, 6.07) is 15.7. The molecule has 5 heteroatoms. The number of rotatable bonds is 3. The monoisotopic (exact) mass is 305 g/mol. The maximum atomic E-state index is 12.2. The largest absolute Gasteiger partial charge is 0.322 e. The summed E-state index contributed by atoms with van der Waals surface area (Å²) in [6.07, 6.45) is 1.47. The zero-order valence-corrected chi connectivity index (χ0v) is 12.5. The number of nitrogens with zero attached hydrogens (tertiary/aromatic N) is 2. The van der Waals surface area contributed by atoms with E-state index in [1.165, 1.54) is 0 Å². The van der Waals surface area contributed by atoms with Gasteiger partial charge in [0.05, 0.1) is 11.6 Å². The van der Waals surface area contributed by atoms with Gasteiger partial charge in [0.1, 0.15) is 0 Å². The molecule has 0 unspecified atom stereocenters. The van der Waals surface area contributed by atoms with Crippen LogP contribution in [0.25, 0.3) is 0 Å². The molecule has 2 aromatic carbocycles. The van der Waals surface area contributed by atoms with Crippen molar-refractivity contribution in [2.75, 3.05) is 16.8 Å². The molecule has 0 radical (unpaired) electrons. The van der Waals surface area contributed by atoms with E-state index in [0.29, 0.717) is 23.2 Å². The average molecular weight is 305 g/mol. The van der Waals surface area contributed by atoms with Crippen LogP contribution < -0.4 is 10.2 Å². The number of hydrogen-bond acceptors (Lipinski definition) is 3. The highest BCUT2D eigenvalue weighted by Gasteiger charge is 2.21. The van der Waals surface area contributed by atoms with E-state index in [1.807, 2.05) is 18.2 Å². The van der Waals surface area contributed by atoms with Crippen molar-refractivity contribution in [3.05, 3.63) is 59.7 Å². The molecule has 0 atom stereocenters. The van der Waals surface area contributed by atoms with Crippen LogP contribution in [0, 0.1) is 11.3 Å². The van der Waals surface area contributed by atoms with Crippen molar-refractivity contribution >= 4 is 23.2 Å². The molecule has 1 aliphatic rings. The molecule has 0 bridgehead atoms. The molecular weight excluding hydrogens is 290 g/mol. The van der Waals surface area contributed by atoms with Crippen LogP contribution in [0.3, 0.4) is 0 Å². The molecule has 1 aliphatic heterocycles. The van der Waals surface area contributed by atoms with Gasteiger partial charge in [0.15, 0.2) is 0 Å². The molecule has 2 aromatic rings.